The summed E-state index contributed by atoms with van der Waals surface area (Å²) < 4.78 is 2.34. The highest BCUT2D eigenvalue weighted by Crippen LogP contribution is 2.20. The van der Waals surface area contributed by atoms with Crippen LogP contribution in [0.15, 0.2) is 78.9 Å². The Morgan fingerprint density at radius 2 is 1.14 bits per heavy atom. The van der Waals surface area contributed by atoms with E-state index in [1.807, 2.05) is 0 Å². The molecule has 4 aromatic rings. The third-order valence-electron chi connectivity index (χ3n) is 3.96. The van der Waals surface area contributed by atoms with Crippen molar-refractivity contribution in [1.29, 1.82) is 0 Å². The molecule has 100 valence electrons. The summed E-state index contributed by atoms with van der Waals surface area (Å²) >= 11 is 0. The third kappa shape index (κ3) is 1.98. The van der Waals surface area contributed by atoms with Crippen molar-refractivity contribution in [2.75, 3.05) is 0 Å². The van der Waals surface area contributed by atoms with Crippen LogP contribution < -0.4 is 4.57 Å². The van der Waals surface area contributed by atoms with Crippen LogP contribution in [0.4, 0.5) is 0 Å². The number of hydrogen-bond donors (Lipinski definition) is 0. The molecule has 3 aromatic carbocycles. The molecule has 21 heavy (non-hydrogen) atoms. The first-order chi connectivity index (χ1) is 10.3. The van der Waals surface area contributed by atoms with Gasteiger partial charge in [-0.05, 0) is 25.1 Å². The lowest BCUT2D eigenvalue weighted by Crippen LogP contribution is -2.32. The number of aryl methyl sites for hydroxylation is 1. The Bertz CT molecular complexity index is 883. The minimum atomic E-state index is 1.20. The normalized spacial score (nSPS) is 11.1. The fourth-order valence-corrected chi connectivity index (χ4v) is 2.90. The Balaban J connectivity index is 2.18. The standard InChI is InChI=1S/C20H16N/c1-15-10-12-18(13-11-15)21-19-8-4-2-6-16(19)14-17-7-3-5-9-20(17)21/h2-14H,1H3/q+1. The molecule has 1 nitrogen and oxygen atoms in total. The van der Waals surface area contributed by atoms with Crippen LogP contribution in [0.1, 0.15) is 5.56 Å². The number of rotatable bonds is 1. The van der Waals surface area contributed by atoms with E-state index in [9.17, 15) is 0 Å². The second kappa shape index (κ2) is 4.71. The smallest absolute Gasteiger partial charge is 0.153 e. The van der Waals surface area contributed by atoms with Crippen molar-refractivity contribution in [2.24, 2.45) is 0 Å². The highest BCUT2D eigenvalue weighted by Gasteiger charge is 2.16. The summed E-state index contributed by atoms with van der Waals surface area (Å²) in [6.07, 6.45) is 0. The maximum absolute atomic E-state index is 2.34. The fourth-order valence-electron chi connectivity index (χ4n) is 2.90. The van der Waals surface area contributed by atoms with E-state index in [1.54, 1.807) is 0 Å². The van der Waals surface area contributed by atoms with Crippen LogP contribution in [0.2, 0.25) is 0 Å². The number of para-hydroxylation sites is 2. The molecule has 0 aliphatic heterocycles. The van der Waals surface area contributed by atoms with E-state index in [0.29, 0.717) is 0 Å². The molecule has 1 heterocycles. The molecule has 0 spiro atoms. The minimum absolute atomic E-state index is 1.20. The van der Waals surface area contributed by atoms with E-state index in [4.69, 9.17) is 0 Å². The predicted octanol–water partition coefficient (Wildman–Crippen LogP) is 4.58. The van der Waals surface area contributed by atoms with Crippen LogP contribution in [-0.2, 0) is 0 Å². The second-order valence-electron chi connectivity index (χ2n) is 5.43. The summed E-state index contributed by atoms with van der Waals surface area (Å²) in [5.74, 6) is 0. The van der Waals surface area contributed by atoms with Gasteiger partial charge in [0.2, 0.25) is 16.7 Å². The van der Waals surface area contributed by atoms with Gasteiger partial charge in [0.15, 0.2) is 0 Å². The van der Waals surface area contributed by atoms with Crippen molar-refractivity contribution in [3.63, 3.8) is 0 Å². The summed E-state index contributed by atoms with van der Waals surface area (Å²) in [5, 5.41) is 2.52. The summed E-state index contributed by atoms with van der Waals surface area (Å²) in [7, 11) is 0. The van der Waals surface area contributed by atoms with Gasteiger partial charge in [0.25, 0.3) is 0 Å². The molecule has 0 saturated carbocycles. The molecule has 0 N–H and O–H groups in total. The van der Waals surface area contributed by atoms with E-state index < -0.39 is 0 Å². The average molecular weight is 270 g/mol. The van der Waals surface area contributed by atoms with Crippen LogP contribution in [0.25, 0.3) is 27.5 Å². The van der Waals surface area contributed by atoms with Gasteiger partial charge in [0.05, 0.1) is 0 Å². The van der Waals surface area contributed by atoms with E-state index in [-0.39, 0.29) is 0 Å². The average Bonchev–Trinajstić information content (AvgIpc) is 2.53. The molecule has 0 aliphatic rings. The number of benzene rings is 3. The highest BCUT2D eigenvalue weighted by molar-refractivity contribution is 5.89. The highest BCUT2D eigenvalue weighted by atomic mass is 15.0. The predicted molar refractivity (Wildman–Crippen MR) is 87.7 cm³/mol. The van der Waals surface area contributed by atoms with Gasteiger partial charge in [-0.25, -0.2) is 0 Å². The largest absolute Gasteiger partial charge is 0.219 e. The third-order valence-corrected chi connectivity index (χ3v) is 3.96. The van der Waals surface area contributed by atoms with E-state index in [1.165, 1.54) is 33.1 Å². The van der Waals surface area contributed by atoms with Crippen molar-refractivity contribution >= 4 is 21.8 Å². The van der Waals surface area contributed by atoms with Crippen molar-refractivity contribution < 1.29 is 4.57 Å². The van der Waals surface area contributed by atoms with Gasteiger partial charge in [-0.3, -0.25) is 0 Å². The topological polar surface area (TPSA) is 3.88 Å². The molecule has 0 radical (unpaired) electrons. The monoisotopic (exact) mass is 270 g/mol. The van der Waals surface area contributed by atoms with Gasteiger partial charge in [-0.2, -0.15) is 4.57 Å². The summed E-state index contributed by atoms with van der Waals surface area (Å²) in [5.41, 5.74) is 4.96. The Labute approximate surface area is 124 Å². The minimum Gasteiger partial charge on any atom is -0.153 e. The summed E-state index contributed by atoms with van der Waals surface area (Å²) in [6, 6.07) is 28.1. The van der Waals surface area contributed by atoms with E-state index in [0.717, 1.165) is 0 Å². The lowest BCUT2D eigenvalue weighted by atomic mass is 10.1. The second-order valence-corrected chi connectivity index (χ2v) is 5.43. The van der Waals surface area contributed by atoms with Crippen LogP contribution in [-0.4, -0.2) is 0 Å². The molecule has 1 heteroatoms. The van der Waals surface area contributed by atoms with Gasteiger partial charge in [-0.1, -0.05) is 42.0 Å². The molecular weight excluding hydrogens is 254 g/mol. The van der Waals surface area contributed by atoms with Gasteiger partial charge >= 0.3 is 0 Å². The molecule has 0 fully saturated rings. The van der Waals surface area contributed by atoms with Crippen molar-refractivity contribution in [1.82, 2.24) is 0 Å². The number of hydrogen-bond acceptors (Lipinski definition) is 0. The van der Waals surface area contributed by atoms with Gasteiger partial charge in [-0.15, -0.1) is 0 Å². The number of pyridine rings is 1. The van der Waals surface area contributed by atoms with Crippen LogP contribution >= 0.6 is 0 Å². The fraction of sp³-hybridized carbons (Fsp3) is 0.0500. The van der Waals surface area contributed by atoms with E-state index >= 15 is 0 Å². The molecule has 0 unspecified atom stereocenters. The maximum atomic E-state index is 2.34. The van der Waals surface area contributed by atoms with E-state index in [2.05, 4.69) is 90.4 Å². The molecule has 0 bridgehead atoms. The Morgan fingerprint density at radius 3 is 1.71 bits per heavy atom. The first-order valence-electron chi connectivity index (χ1n) is 7.22. The van der Waals surface area contributed by atoms with Crippen LogP contribution in [0.3, 0.4) is 0 Å². The molecule has 1 aromatic heterocycles. The maximum Gasteiger partial charge on any atom is 0.219 e. The molecule has 0 amide bonds. The molecular formula is C20H16N+. The van der Waals surface area contributed by atoms with Crippen molar-refractivity contribution in [3.8, 4) is 5.69 Å². The van der Waals surface area contributed by atoms with Gasteiger partial charge in [0, 0.05) is 35.0 Å². The Hall–Kier alpha value is -2.67. The van der Waals surface area contributed by atoms with Crippen molar-refractivity contribution in [3.05, 3.63) is 84.4 Å². The quantitative estimate of drug-likeness (QED) is 0.352. The Morgan fingerprint density at radius 1 is 0.619 bits per heavy atom. The zero-order valence-electron chi connectivity index (χ0n) is 12.0. The molecule has 0 aliphatic carbocycles. The first-order valence-corrected chi connectivity index (χ1v) is 7.22. The molecule has 4 rings (SSSR count). The number of aromatic nitrogens is 1. The van der Waals surface area contributed by atoms with Crippen molar-refractivity contribution in [2.45, 2.75) is 6.92 Å². The molecule has 0 saturated heterocycles. The molecule has 0 atom stereocenters. The van der Waals surface area contributed by atoms with Gasteiger partial charge in [0.1, 0.15) is 0 Å². The van der Waals surface area contributed by atoms with Gasteiger partial charge < -0.3 is 0 Å². The summed E-state index contributed by atoms with van der Waals surface area (Å²) in [4.78, 5) is 0. The Kier molecular flexibility index (Phi) is 2.71. The summed E-state index contributed by atoms with van der Waals surface area (Å²) in [6.45, 7) is 2.12. The van der Waals surface area contributed by atoms with Crippen LogP contribution in [0, 0.1) is 6.92 Å². The number of fused-ring (bicyclic) bond motifs is 2. The SMILES string of the molecule is Cc1ccc(-[n+]2c3ccccc3cc3ccccc32)cc1. The lowest BCUT2D eigenvalue weighted by molar-refractivity contribution is -0.538. The van der Waals surface area contributed by atoms with Crippen LogP contribution in [0.5, 0.6) is 0 Å². The lowest BCUT2D eigenvalue weighted by Gasteiger charge is -2.05. The first kappa shape index (κ1) is 12.1. The zero-order valence-corrected chi connectivity index (χ0v) is 12.0. The zero-order chi connectivity index (χ0) is 14.2. The number of nitrogens with zero attached hydrogens (tertiary/aromatic N) is 1.